The maximum absolute atomic E-state index is 12.4. The van der Waals surface area contributed by atoms with Crippen LogP contribution in [0, 0.1) is 0 Å². The van der Waals surface area contributed by atoms with Gasteiger partial charge in [-0.2, -0.15) is 0 Å². The van der Waals surface area contributed by atoms with Crippen molar-refractivity contribution < 1.29 is 9.53 Å². The fourth-order valence-corrected chi connectivity index (χ4v) is 3.26. The van der Waals surface area contributed by atoms with Gasteiger partial charge in [-0.3, -0.25) is 4.79 Å². The van der Waals surface area contributed by atoms with E-state index in [2.05, 4.69) is 9.97 Å². The van der Waals surface area contributed by atoms with Gasteiger partial charge in [0.1, 0.15) is 17.1 Å². The van der Waals surface area contributed by atoms with Crippen LogP contribution in [0.25, 0.3) is 11.0 Å². The number of fused-ring (bicyclic) bond motifs is 1. The average Bonchev–Trinajstić information content (AvgIpc) is 3.24. The Morgan fingerprint density at radius 2 is 1.79 bits per heavy atom. The molecule has 0 spiro atoms. The number of H-pyrrole nitrogens is 1. The maximum Gasteiger partial charge on any atom is 0.222 e. The molecule has 0 saturated carbocycles. The van der Waals surface area contributed by atoms with E-state index >= 15 is 0 Å². The van der Waals surface area contributed by atoms with Crippen LogP contribution in [0.4, 0.5) is 0 Å². The summed E-state index contributed by atoms with van der Waals surface area (Å²) < 4.78 is 6.00. The molecule has 0 atom stereocenters. The lowest BCUT2D eigenvalue weighted by atomic mass is 10.1. The predicted octanol–water partition coefficient (Wildman–Crippen LogP) is 4.95. The monoisotopic (exact) mass is 385 g/mol. The first-order valence-electron chi connectivity index (χ1n) is 9.66. The van der Waals surface area contributed by atoms with Gasteiger partial charge in [-0.1, -0.05) is 42.5 Å². The van der Waals surface area contributed by atoms with Crippen molar-refractivity contribution in [1.29, 1.82) is 0 Å². The van der Waals surface area contributed by atoms with E-state index in [1.165, 1.54) is 0 Å². The number of aromatic amines is 1. The molecule has 5 heteroatoms. The minimum absolute atomic E-state index is 0.140. The van der Waals surface area contributed by atoms with E-state index < -0.39 is 0 Å². The third-order valence-corrected chi connectivity index (χ3v) is 4.89. The van der Waals surface area contributed by atoms with Gasteiger partial charge in [0, 0.05) is 32.4 Å². The van der Waals surface area contributed by atoms with Gasteiger partial charge in [0.25, 0.3) is 0 Å². The number of carbonyl (C=O) groups excluding carboxylic acids is 1. The second-order valence-electron chi connectivity index (χ2n) is 7.03. The fraction of sp³-hybridized carbons (Fsp3) is 0.167. The Hall–Kier alpha value is -3.60. The summed E-state index contributed by atoms with van der Waals surface area (Å²) in [6.45, 7) is 0.631. The molecule has 29 heavy (non-hydrogen) atoms. The highest BCUT2D eigenvalue weighted by atomic mass is 16.5. The number of pyridine rings is 1. The number of aryl methyl sites for hydroxylation is 1. The normalized spacial score (nSPS) is 10.8. The molecule has 0 unspecified atom stereocenters. The number of carbonyl (C=O) groups is 1. The van der Waals surface area contributed by atoms with Gasteiger partial charge in [0.15, 0.2) is 0 Å². The van der Waals surface area contributed by atoms with Crippen molar-refractivity contribution in [3.05, 3.63) is 90.3 Å². The van der Waals surface area contributed by atoms with Crippen LogP contribution in [0.2, 0.25) is 0 Å². The molecule has 4 rings (SSSR count). The van der Waals surface area contributed by atoms with Crippen LogP contribution in [0.15, 0.2) is 79.1 Å². The van der Waals surface area contributed by atoms with Gasteiger partial charge in [-0.05, 0) is 41.8 Å². The summed E-state index contributed by atoms with van der Waals surface area (Å²) >= 11 is 0. The second kappa shape index (κ2) is 8.61. The SMILES string of the molecule is CN(Cc1ccccc1)C(=O)CCc1ccc(Oc2ccnc3[nH]ccc23)cc1. The van der Waals surface area contributed by atoms with Crippen LogP contribution >= 0.6 is 0 Å². The third-order valence-electron chi connectivity index (χ3n) is 4.89. The smallest absolute Gasteiger partial charge is 0.222 e. The first-order chi connectivity index (χ1) is 14.2. The molecule has 0 aliphatic carbocycles. The molecule has 146 valence electrons. The number of rotatable bonds is 7. The van der Waals surface area contributed by atoms with Crippen LogP contribution in [0.5, 0.6) is 11.5 Å². The summed E-state index contributed by atoms with van der Waals surface area (Å²) in [7, 11) is 1.85. The van der Waals surface area contributed by atoms with E-state index in [0.717, 1.165) is 33.7 Å². The van der Waals surface area contributed by atoms with E-state index in [-0.39, 0.29) is 5.91 Å². The highest BCUT2D eigenvalue weighted by Gasteiger charge is 2.10. The van der Waals surface area contributed by atoms with Gasteiger partial charge < -0.3 is 14.6 Å². The molecule has 0 bridgehead atoms. The van der Waals surface area contributed by atoms with E-state index in [4.69, 9.17) is 4.74 Å². The van der Waals surface area contributed by atoms with Crippen molar-refractivity contribution in [2.75, 3.05) is 7.05 Å². The molecular formula is C24H23N3O2. The largest absolute Gasteiger partial charge is 0.457 e. The van der Waals surface area contributed by atoms with E-state index in [9.17, 15) is 4.79 Å². The molecule has 2 aromatic heterocycles. The molecular weight excluding hydrogens is 362 g/mol. The topological polar surface area (TPSA) is 58.2 Å². The number of hydrogen-bond acceptors (Lipinski definition) is 3. The molecule has 0 saturated heterocycles. The van der Waals surface area contributed by atoms with Gasteiger partial charge >= 0.3 is 0 Å². The summed E-state index contributed by atoms with van der Waals surface area (Å²) in [5.74, 6) is 1.66. The summed E-state index contributed by atoms with van der Waals surface area (Å²) in [4.78, 5) is 21.5. The number of amides is 1. The van der Waals surface area contributed by atoms with Crippen molar-refractivity contribution in [1.82, 2.24) is 14.9 Å². The minimum atomic E-state index is 0.140. The molecule has 0 fully saturated rings. The highest BCUT2D eigenvalue weighted by Crippen LogP contribution is 2.28. The van der Waals surface area contributed by atoms with E-state index in [0.29, 0.717) is 19.4 Å². The Kier molecular flexibility index (Phi) is 5.56. The van der Waals surface area contributed by atoms with E-state index in [1.54, 1.807) is 11.1 Å². The molecule has 2 aromatic carbocycles. The summed E-state index contributed by atoms with van der Waals surface area (Å²) in [6, 6.07) is 21.7. The standard InChI is InChI=1S/C24H23N3O2/c1-27(17-19-5-3-2-4-6-19)23(28)12-9-18-7-10-20(11-8-18)29-22-14-16-26-24-21(22)13-15-25-24/h2-8,10-11,13-16H,9,12,17H2,1H3,(H,25,26). The number of ether oxygens (including phenoxy) is 1. The van der Waals surface area contributed by atoms with Gasteiger partial charge in [0.2, 0.25) is 5.91 Å². The predicted molar refractivity (Wildman–Crippen MR) is 114 cm³/mol. The zero-order valence-electron chi connectivity index (χ0n) is 16.3. The Labute approximate surface area is 170 Å². The first kappa shape index (κ1) is 18.7. The number of benzene rings is 2. The highest BCUT2D eigenvalue weighted by molar-refractivity contribution is 5.82. The summed E-state index contributed by atoms with van der Waals surface area (Å²) in [5, 5.41) is 0.948. The number of hydrogen-bond donors (Lipinski definition) is 1. The zero-order valence-corrected chi connectivity index (χ0v) is 16.3. The van der Waals surface area contributed by atoms with Crippen molar-refractivity contribution >= 4 is 16.9 Å². The zero-order chi connectivity index (χ0) is 20.1. The third kappa shape index (κ3) is 4.63. The van der Waals surface area contributed by atoms with Crippen molar-refractivity contribution in [2.45, 2.75) is 19.4 Å². The minimum Gasteiger partial charge on any atom is -0.457 e. The molecule has 0 aliphatic rings. The van der Waals surface area contributed by atoms with Crippen molar-refractivity contribution in [2.24, 2.45) is 0 Å². The lowest BCUT2D eigenvalue weighted by Crippen LogP contribution is -2.26. The number of nitrogens with one attached hydrogen (secondary N) is 1. The second-order valence-corrected chi connectivity index (χ2v) is 7.03. The van der Waals surface area contributed by atoms with E-state index in [1.807, 2.05) is 80.0 Å². The maximum atomic E-state index is 12.4. The van der Waals surface area contributed by atoms with Crippen LogP contribution in [-0.4, -0.2) is 27.8 Å². The molecule has 5 nitrogen and oxygen atoms in total. The van der Waals surface area contributed by atoms with Gasteiger partial charge in [-0.15, -0.1) is 0 Å². The van der Waals surface area contributed by atoms with Crippen LogP contribution in [0.1, 0.15) is 17.5 Å². The molecule has 1 amide bonds. The first-order valence-corrected chi connectivity index (χ1v) is 9.66. The van der Waals surface area contributed by atoms with Crippen molar-refractivity contribution in [3.8, 4) is 11.5 Å². The Morgan fingerprint density at radius 1 is 1.00 bits per heavy atom. The summed E-state index contributed by atoms with van der Waals surface area (Å²) in [6.07, 6.45) is 4.76. The molecule has 0 radical (unpaired) electrons. The Morgan fingerprint density at radius 3 is 2.59 bits per heavy atom. The van der Waals surface area contributed by atoms with Gasteiger partial charge in [-0.25, -0.2) is 4.98 Å². The average molecular weight is 385 g/mol. The molecule has 0 aliphatic heterocycles. The Balaban J connectivity index is 1.32. The number of aromatic nitrogens is 2. The quantitative estimate of drug-likeness (QED) is 0.490. The fourth-order valence-electron chi connectivity index (χ4n) is 3.26. The molecule has 2 heterocycles. The van der Waals surface area contributed by atoms with Gasteiger partial charge in [0.05, 0.1) is 5.39 Å². The van der Waals surface area contributed by atoms with Crippen LogP contribution in [-0.2, 0) is 17.8 Å². The lowest BCUT2D eigenvalue weighted by Gasteiger charge is -2.17. The number of nitrogens with zero attached hydrogens (tertiary/aromatic N) is 2. The molecule has 4 aromatic rings. The lowest BCUT2D eigenvalue weighted by molar-refractivity contribution is -0.130. The van der Waals surface area contributed by atoms with Crippen LogP contribution < -0.4 is 4.74 Å². The van der Waals surface area contributed by atoms with Crippen molar-refractivity contribution in [3.63, 3.8) is 0 Å². The summed E-state index contributed by atoms with van der Waals surface area (Å²) in [5.41, 5.74) is 3.05. The molecule has 1 N–H and O–H groups in total. The Bertz CT molecular complexity index is 1090. The van der Waals surface area contributed by atoms with Crippen LogP contribution in [0.3, 0.4) is 0 Å².